The SMILES string of the molecule is COc1ccc(CCNc2cc(C)nc(Nc3cccc(C)c3)n2)cc1OC. The zero-order valence-electron chi connectivity index (χ0n) is 16.7. The van der Waals surface area contributed by atoms with Crippen LogP contribution >= 0.6 is 0 Å². The van der Waals surface area contributed by atoms with E-state index in [0.717, 1.165) is 47.2 Å². The highest BCUT2D eigenvalue weighted by Gasteiger charge is 2.06. The molecule has 0 spiro atoms. The third-order valence-corrected chi connectivity index (χ3v) is 4.30. The minimum Gasteiger partial charge on any atom is -0.493 e. The molecule has 3 aromatic rings. The van der Waals surface area contributed by atoms with Gasteiger partial charge < -0.3 is 20.1 Å². The van der Waals surface area contributed by atoms with Crippen molar-refractivity contribution < 1.29 is 9.47 Å². The van der Waals surface area contributed by atoms with Crippen molar-refractivity contribution in [3.05, 3.63) is 65.4 Å². The largest absolute Gasteiger partial charge is 0.493 e. The molecule has 6 nitrogen and oxygen atoms in total. The molecule has 2 aromatic carbocycles. The van der Waals surface area contributed by atoms with Gasteiger partial charge in [-0.05, 0) is 55.7 Å². The monoisotopic (exact) mass is 378 g/mol. The Balaban J connectivity index is 1.64. The van der Waals surface area contributed by atoms with E-state index in [1.54, 1.807) is 14.2 Å². The molecule has 0 fully saturated rings. The average molecular weight is 378 g/mol. The van der Waals surface area contributed by atoms with E-state index in [0.29, 0.717) is 5.95 Å². The molecular formula is C22H26N4O2. The molecule has 2 N–H and O–H groups in total. The number of rotatable bonds is 8. The number of aromatic nitrogens is 2. The van der Waals surface area contributed by atoms with E-state index in [1.165, 1.54) is 5.56 Å². The number of nitrogens with zero attached hydrogens (tertiary/aromatic N) is 2. The Morgan fingerprint density at radius 1 is 0.893 bits per heavy atom. The van der Waals surface area contributed by atoms with Gasteiger partial charge in [0.15, 0.2) is 11.5 Å². The summed E-state index contributed by atoms with van der Waals surface area (Å²) in [6, 6.07) is 16.0. The fourth-order valence-corrected chi connectivity index (χ4v) is 2.94. The van der Waals surface area contributed by atoms with Crippen molar-refractivity contribution in [3.63, 3.8) is 0 Å². The molecule has 0 aliphatic heterocycles. The lowest BCUT2D eigenvalue weighted by atomic mass is 10.1. The Hall–Kier alpha value is -3.28. The van der Waals surface area contributed by atoms with Crippen LogP contribution in [0.3, 0.4) is 0 Å². The quantitative estimate of drug-likeness (QED) is 0.601. The molecule has 146 valence electrons. The number of hydrogen-bond acceptors (Lipinski definition) is 6. The Morgan fingerprint density at radius 2 is 1.71 bits per heavy atom. The minimum absolute atomic E-state index is 0.583. The smallest absolute Gasteiger partial charge is 0.229 e. The van der Waals surface area contributed by atoms with Crippen LogP contribution in [0, 0.1) is 13.8 Å². The Bertz CT molecular complexity index is 944. The predicted molar refractivity (Wildman–Crippen MR) is 113 cm³/mol. The highest BCUT2D eigenvalue weighted by Crippen LogP contribution is 2.27. The highest BCUT2D eigenvalue weighted by molar-refractivity contribution is 5.56. The summed E-state index contributed by atoms with van der Waals surface area (Å²) in [4.78, 5) is 9.05. The van der Waals surface area contributed by atoms with Crippen LogP contribution in [0.5, 0.6) is 11.5 Å². The van der Waals surface area contributed by atoms with Crippen LogP contribution in [-0.2, 0) is 6.42 Å². The summed E-state index contributed by atoms with van der Waals surface area (Å²) >= 11 is 0. The molecule has 0 bridgehead atoms. The van der Waals surface area contributed by atoms with Crippen LogP contribution in [0.2, 0.25) is 0 Å². The lowest BCUT2D eigenvalue weighted by molar-refractivity contribution is 0.354. The maximum absolute atomic E-state index is 5.36. The molecule has 0 saturated heterocycles. The van der Waals surface area contributed by atoms with Crippen molar-refractivity contribution >= 4 is 17.5 Å². The van der Waals surface area contributed by atoms with Crippen LogP contribution in [0.25, 0.3) is 0 Å². The van der Waals surface area contributed by atoms with Gasteiger partial charge in [-0.15, -0.1) is 0 Å². The number of aryl methyl sites for hydroxylation is 2. The molecule has 0 amide bonds. The van der Waals surface area contributed by atoms with Gasteiger partial charge in [0, 0.05) is 24.0 Å². The van der Waals surface area contributed by atoms with E-state index >= 15 is 0 Å². The molecule has 0 aliphatic rings. The summed E-state index contributed by atoms with van der Waals surface area (Å²) in [6.45, 7) is 4.77. The number of hydrogen-bond donors (Lipinski definition) is 2. The van der Waals surface area contributed by atoms with Crippen LogP contribution in [0.1, 0.15) is 16.8 Å². The van der Waals surface area contributed by atoms with Crippen molar-refractivity contribution in [2.24, 2.45) is 0 Å². The lowest BCUT2D eigenvalue weighted by Crippen LogP contribution is -2.09. The van der Waals surface area contributed by atoms with Gasteiger partial charge in [0.25, 0.3) is 0 Å². The summed E-state index contributed by atoms with van der Waals surface area (Å²) < 4.78 is 10.6. The zero-order valence-corrected chi connectivity index (χ0v) is 16.7. The topological polar surface area (TPSA) is 68.3 Å². The third-order valence-electron chi connectivity index (χ3n) is 4.30. The first-order valence-corrected chi connectivity index (χ1v) is 9.21. The van der Waals surface area contributed by atoms with Gasteiger partial charge in [-0.2, -0.15) is 4.98 Å². The van der Waals surface area contributed by atoms with E-state index in [9.17, 15) is 0 Å². The van der Waals surface area contributed by atoms with E-state index < -0.39 is 0 Å². The van der Waals surface area contributed by atoms with Gasteiger partial charge in [0.2, 0.25) is 5.95 Å². The molecule has 6 heteroatoms. The van der Waals surface area contributed by atoms with Gasteiger partial charge in [0.1, 0.15) is 5.82 Å². The van der Waals surface area contributed by atoms with E-state index in [4.69, 9.17) is 9.47 Å². The molecular weight excluding hydrogens is 352 g/mol. The first-order valence-electron chi connectivity index (χ1n) is 9.21. The van der Waals surface area contributed by atoms with Gasteiger partial charge in [0.05, 0.1) is 14.2 Å². The van der Waals surface area contributed by atoms with Crippen molar-refractivity contribution in [2.75, 3.05) is 31.4 Å². The first kappa shape index (κ1) is 19.5. The Labute approximate surface area is 166 Å². The number of methoxy groups -OCH3 is 2. The van der Waals surface area contributed by atoms with E-state index in [2.05, 4.69) is 39.7 Å². The molecule has 0 saturated carbocycles. The van der Waals surface area contributed by atoms with Gasteiger partial charge >= 0.3 is 0 Å². The van der Waals surface area contributed by atoms with E-state index in [1.807, 2.05) is 43.3 Å². The molecule has 1 heterocycles. The van der Waals surface area contributed by atoms with Crippen molar-refractivity contribution in [2.45, 2.75) is 20.3 Å². The molecule has 3 rings (SSSR count). The zero-order chi connectivity index (χ0) is 19.9. The number of ether oxygens (including phenoxy) is 2. The molecule has 0 unspecified atom stereocenters. The Kier molecular flexibility index (Phi) is 6.32. The lowest BCUT2D eigenvalue weighted by Gasteiger charge is -2.12. The first-order chi connectivity index (χ1) is 13.6. The van der Waals surface area contributed by atoms with Crippen LogP contribution in [0.15, 0.2) is 48.5 Å². The molecule has 0 radical (unpaired) electrons. The molecule has 0 atom stereocenters. The highest BCUT2D eigenvalue weighted by atomic mass is 16.5. The maximum Gasteiger partial charge on any atom is 0.229 e. The molecule has 0 aliphatic carbocycles. The molecule has 28 heavy (non-hydrogen) atoms. The van der Waals surface area contributed by atoms with Crippen LogP contribution in [0.4, 0.5) is 17.5 Å². The average Bonchev–Trinajstić information content (AvgIpc) is 2.67. The predicted octanol–water partition coefficient (Wildman–Crippen LogP) is 4.51. The summed E-state index contributed by atoms with van der Waals surface area (Å²) in [5.74, 6) is 2.85. The van der Waals surface area contributed by atoms with E-state index in [-0.39, 0.29) is 0 Å². The van der Waals surface area contributed by atoms with Gasteiger partial charge in [-0.1, -0.05) is 18.2 Å². The number of nitrogens with one attached hydrogen (secondary N) is 2. The van der Waals surface area contributed by atoms with Crippen LogP contribution < -0.4 is 20.1 Å². The standard InChI is InChI=1S/C22H26N4O2/c1-15-6-5-7-18(12-15)25-22-24-16(2)13-21(26-22)23-11-10-17-8-9-19(27-3)20(14-17)28-4/h5-9,12-14H,10-11H2,1-4H3,(H2,23,24,25,26). The van der Waals surface area contributed by atoms with Crippen molar-refractivity contribution in [3.8, 4) is 11.5 Å². The Morgan fingerprint density at radius 3 is 2.46 bits per heavy atom. The fourth-order valence-electron chi connectivity index (χ4n) is 2.94. The van der Waals surface area contributed by atoms with Gasteiger partial charge in [-0.25, -0.2) is 4.98 Å². The van der Waals surface area contributed by atoms with Gasteiger partial charge in [-0.3, -0.25) is 0 Å². The summed E-state index contributed by atoms with van der Waals surface area (Å²) in [5.41, 5.74) is 4.22. The van der Waals surface area contributed by atoms with Crippen molar-refractivity contribution in [1.82, 2.24) is 9.97 Å². The minimum atomic E-state index is 0.583. The normalized spacial score (nSPS) is 10.4. The maximum atomic E-state index is 5.36. The molecule has 1 aromatic heterocycles. The second kappa shape index (κ2) is 9.08. The summed E-state index contributed by atoms with van der Waals surface area (Å²) in [6.07, 6.45) is 0.837. The summed E-state index contributed by atoms with van der Waals surface area (Å²) in [5, 5.41) is 6.64. The second-order valence-corrected chi connectivity index (χ2v) is 6.58. The second-order valence-electron chi connectivity index (χ2n) is 6.58. The summed E-state index contributed by atoms with van der Waals surface area (Å²) in [7, 11) is 3.28. The van der Waals surface area contributed by atoms with Crippen LogP contribution in [-0.4, -0.2) is 30.7 Å². The number of benzene rings is 2. The fraction of sp³-hybridized carbons (Fsp3) is 0.273. The third kappa shape index (κ3) is 5.13. The van der Waals surface area contributed by atoms with Crippen molar-refractivity contribution in [1.29, 1.82) is 0 Å². The number of anilines is 3.